The third-order valence-electron chi connectivity index (χ3n) is 2.85. The maximum Gasteiger partial charge on any atom is 0.320 e. The molecule has 0 aliphatic heterocycles. The maximum absolute atomic E-state index is 10.5. The number of hydrogen-bond donors (Lipinski definition) is 3. The number of hydrogen-bond acceptors (Lipinski definition) is 3. The van der Waals surface area contributed by atoms with Gasteiger partial charge in [0.2, 0.25) is 0 Å². The minimum Gasteiger partial charge on any atom is -0.480 e. The van der Waals surface area contributed by atoms with Crippen LogP contribution in [0.15, 0.2) is 18.2 Å². The number of carbonyl (C=O) groups is 1. The highest BCUT2D eigenvalue weighted by Crippen LogP contribution is 2.09. The first-order valence-electron chi connectivity index (χ1n) is 5.76. The lowest BCUT2D eigenvalue weighted by Crippen LogP contribution is -2.33. The van der Waals surface area contributed by atoms with E-state index in [4.69, 9.17) is 10.8 Å². The Morgan fingerprint density at radius 2 is 2.12 bits per heavy atom. The monoisotopic (exact) mass is 236 g/mol. The summed E-state index contributed by atoms with van der Waals surface area (Å²) in [5.41, 5.74) is 9.16. The molecule has 1 aromatic rings. The number of nitrogens with two attached hydrogens (primary N) is 1. The van der Waals surface area contributed by atoms with Crippen molar-refractivity contribution in [3.63, 3.8) is 0 Å². The van der Waals surface area contributed by atoms with Crippen LogP contribution in [0, 0.1) is 13.8 Å². The van der Waals surface area contributed by atoms with Gasteiger partial charge in [-0.3, -0.25) is 4.79 Å². The predicted molar refractivity (Wildman–Crippen MR) is 67.9 cm³/mol. The van der Waals surface area contributed by atoms with Crippen molar-refractivity contribution < 1.29 is 9.90 Å². The van der Waals surface area contributed by atoms with Gasteiger partial charge in [-0.05, 0) is 43.5 Å². The molecule has 0 saturated carbocycles. The van der Waals surface area contributed by atoms with Crippen LogP contribution in [0.5, 0.6) is 0 Å². The van der Waals surface area contributed by atoms with Crippen LogP contribution in [-0.4, -0.2) is 23.7 Å². The zero-order valence-corrected chi connectivity index (χ0v) is 10.4. The maximum atomic E-state index is 10.5. The van der Waals surface area contributed by atoms with Crippen molar-refractivity contribution in [2.45, 2.75) is 32.9 Å². The van der Waals surface area contributed by atoms with Gasteiger partial charge in [0.15, 0.2) is 0 Å². The second kappa shape index (κ2) is 6.37. The second-order valence-corrected chi connectivity index (χ2v) is 4.33. The van der Waals surface area contributed by atoms with Crippen molar-refractivity contribution in [1.82, 2.24) is 5.32 Å². The molecule has 0 fully saturated rings. The molecule has 0 aliphatic carbocycles. The average molecular weight is 236 g/mol. The van der Waals surface area contributed by atoms with Gasteiger partial charge in [0, 0.05) is 6.54 Å². The number of rotatable bonds is 6. The van der Waals surface area contributed by atoms with E-state index < -0.39 is 12.0 Å². The van der Waals surface area contributed by atoms with Crippen molar-refractivity contribution in [2.75, 3.05) is 6.54 Å². The number of carboxylic acid groups (broad SMARTS) is 1. The van der Waals surface area contributed by atoms with Gasteiger partial charge in [0.25, 0.3) is 0 Å². The first kappa shape index (κ1) is 13.7. The summed E-state index contributed by atoms with van der Waals surface area (Å²) in [6, 6.07) is 5.53. The summed E-state index contributed by atoms with van der Waals surface area (Å²) >= 11 is 0. The topological polar surface area (TPSA) is 75.3 Å². The molecule has 17 heavy (non-hydrogen) atoms. The van der Waals surface area contributed by atoms with E-state index in [1.54, 1.807) is 0 Å². The van der Waals surface area contributed by atoms with Gasteiger partial charge in [-0.1, -0.05) is 18.2 Å². The smallest absolute Gasteiger partial charge is 0.320 e. The Hall–Kier alpha value is -1.39. The Morgan fingerprint density at radius 3 is 2.71 bits per heavy atom. The lowest BCUT2D eigenvalue weighted by Gasteiger charge is -2.09. The molecule has 0 saturated heterocycles. The normalized spacial score (nSPS) is 12.4. The van der Waals surface area contributed by atoms with Gasteiger partial charge in [-0.15, -0.1) is 0 Å². The minimum absolute atomic E-state index is 0.445. The van der Waals surface area contributed by atoms with Gasteiger partial charge in [0.05, 0.1) is 0 Å². The van der Waals surface area contributed by atoms with Gasteiger partial charge in [-0.25, -0.2) is 0 Å². The Bertz CT molecular complexity index is 391. The third kappa shape index (κ3) is 4.54. The first-order valence-corrected chi connectivity index (χ1v) is 5.76. The van der Waals surface area contributed by atoms with Crippen LogP contribution >= 0.6 is 0 Å². The minimum atomic E-state index is -0.946. The van der Waals surface area contributed by atoms with Crippen molar-refractivity contribution >= 4 is 5.97 Å². The summed E-state index contributed by atoms with van der Waals surface area (Å²) in [5, 5.41) is 11.8. The standard InChI is InChI=1S/C13H20N2O2/c1-9-3-4-11(7-10(9)2)8-15-6-5-12(14)13(16)17/h3-4,7,12,15H,5-6,8,14H2,1-2H3,(H,16,17). The molecule has 94 valence electrons. The molecule has 0 amide bonds. The number of nitrogens with one attached hydrogen (secondary N) is 1. The highest BCUT2D eigenvalue weighted by atomic mass is 16.4. The van der Waals surface area contributed by atoms with Gasteiger partial charge >= 0.3 is 5.97 Å². The summed E-state index contributed by atoms with van der Waals surface area (Å²) in [4.78, 5) is 10.5. The van der Waals surface area contributed by atoms with E-state index in [0.717, 1.165) is 6.54 Å². The Morgan fingerprint density at radius 1 is 1.41 bits per heavy atom. The van der Waals surface area contributed by atoms with E-state index >= 15 is 0 Å². The number of aryl methyl sites for hydroxylation is 2. The lowest BCUT2D eigenvalue weighted by molar-refractivity contribution is -0.138. The summed E-state index contributed by atoms with van der Waals surface area (Å²) in [6.07, 6.45) is 0.445. The van der Waals surface area contributed by atoms with Crippen LogP contribution < -0.4 is 11.1 Å². The van der Waals surface area contributed by atoms with Gasteiger partial charge < -0.3 is 16.2 Å². The molecule has 1 rings (SSSR count). The molecule has 0 heterocycles. The van der Waals surface area contributed by atoms with Crippen LogP contribution in [-0.2, 0) is 11.3 Å². The molecule has 4 nitrogen and oxygen atoms in total. The fourth-order valence-corrected chi connectivity index (χ4v) is 1.53. The molecule has 0 radical (unpaired) electrons. The molecule has 4 heteroatoms. The van der Waals surface area contributed by atoms with Crippen LogP contribution in [0.2, 0.25) is 0 Å². The molecule has 0 spiro atoms. The van der Waals surface area contributed by atoms with Crippen molar-refractivity contribution in [3.8, 4) is 0 Å². The predicted octanol–water partition coefficient (Wildman–Crippen LogP) is 1.20. The van der Waals surface area contributed by atoms with Crippen LogP contribution in [0.4, 0.5) is 0 Å². The highest BCUT2D eigenvalue weighted by molar-refractivity contribution is 5.72. The lowest BCUT2D eigenvalue weighted by atomic mass is 10.1. The molecule has 1 aromatic carbocycles. The van der Waals surface area contributed by atoms with E-state index in [-0.39, 0.29) is 0 Å². The molecule has 0 aromatic heterocycles. The Kier molecular flexibility index (Phi) is 5.12. The number of carboxylic acids is 1. The summed E-state index contributed by atoms with van der Waals surface area (Å²) < 4.78 is 0. The van der Waals surface area contributed by atoms with E-state index in [1.165, 1.54) is 16.7 Å². The quantitative estimate of drug-likeness (QED) is 0.649. The Labute approximate surface area is 102 Å². The summed E-state index contributed by atoms with van der Waals surface area (Å²) in [6.45, 7) is 5.52. The van der Waals surface area contributed by atoms with Crippen LogP contribution in [0.25, 0.3) is 0 Å². The fraction of sp³-hybridized carbons (Fsp3) is 0.462. The van der Waals surface area contributed by atoms with Crippen molar-refractivity contribution in [1.29, 1.82) is 0 Å². The molecule has 0 bridgehead atoms. The molecular weight excluding hydrogens is 216 g/mol. The van der Waals surface area contributed by atoms with E-state index in [9.17, 15) is 4.79 Å². The molecular formula is C13H20N2O2. The number of aliphatic carboxylic acids is 1. The van der Waals surface area contributed by atoms with Crippen molar-refractivity contribution in [2.24, 2.45) is 5.73 Å². The second-order valence-electron chi connectivity index (χ2n) is 4.33. The van der Waals surface area contributed by atoms with Crippen LogP contribution in [0.1, 0.15) is 23.1 Å². The SMILES string of the molecule is Cc1ccc(CNCCC(N)C(=O)O)cc1C. The van der Waals surface area contributed by atoms with E-state index in [1.807, 2.05) is 0 Å². The van der Waals surface area contributed by atoms with Gasteiger partial charge in [0.1, 0.15) is 6.04 Å². The number of benzene rings is 1. The molecule has 1 unspecified atom stereocenters. The molecule has 1 atom stereocenters. The third-order valence-corrected chi connectivity index (χ3v) is 2.85. The Balaban J connectivity index is 2.31. The zero-order valence-electron chi connectivity index (χ0n) is 10.4. The van der Waals surface area contributed by atoms with Crippen molar-refractivity contribution in [3.05, 3.63) is 34.9 Å². The molecule has 4 N–H and O–H groups in total. The fourth-order valence-electron chi connectivity index (χ4n) is 1.53. The average Bonchev–Trinajstić information content (AvgIpc) is 2.28. The zero-order chi connectivity index (χ0) is 12.8. The first-order chi connectivity index (χ1) is 8.00. The van der Waals surface area contributed by atoms with Gasteiger partial charge in [-0.2, -0.15) is 0 Å². The summed E-state index contributed by atoms with van der Waals surface area (Å²) in [7, 11) is 0. The molecule has 0 aliphatic rings. The summed E-state index contributed by atoms with van der Waals surface area (Å²) in [5.74, 6) is -0.946. The van der Waals surface area contributed by atoms with E-state index in [0.29, 0.717) is 13.0 Å². The largest absolute Gasteiger partial charge is 0.480 e. The highest BCUT2D eigenvalue weighted by Gasteiger charge is 2.09. The van der Waals surface area contributed by atoms with E-state index in [2.05, 4.69) is 37.4 Å². The van der Waals surface area contributed by atoms with Crippen LogP contribution in [0.3, 0.4) is 0 Å².